The van der Waals surface area contributed by atoms with Gasteiger partial charge >= 0.3 is 0 Å². The Kier molecular flexibility index (Phi) is 2.12. The van der Waals surface area contributed by atoms with Crippen molar-refractivity contribution >= 4 is 16.6 Å². The third kappa shape index (κ3) is 1.42. The van der Waals surface area contributed by atoms with Crippen molar-refractivity contribution < 1.29 is 0 Å². The summed E-state index contributed by atoms with van der Waals surface area (Å²) in [4.78, 5) is 3.21. The number of nitriles is 1. The van der Waals surface area contributed by atoms with Crippen LogP contribution in [0.4, 0.5) is 0 Å². The molecule has 0 radical (unpaired) electrons. The lowest BCUT2D eigenvalue weighted by Crippen LogP contribution is -1.85. The van der Waals surface area contributed by atoms with Gasteiger partial charge in [0.15, 0.2) is 5.65 Å². The number of nitrogens with zero attached hydrogens (tertiary/aromatic N) is 4. The minimum Gasteiger partial charge on any atom is -0.361 e. The van der Waals surface area contributed by atoms with E-state index < -0.39 is 0 Å². The summed E-state index contributed by atoms with van der Waals surface area (Å²) in [5.41, 5.74) is 4.46. The predicted molar refractivity (Wildman–Crippen MR) is 75.0 cm³/mol. The van der Waals surface area contributed by atoms with Crippen LogP contribution in [-0.4, -0.2) is 19.6 Å². The van der Waals surface area contributed by atoms with Crippen LogP contribution in [-0.2, 0) is 0 Å². The fourth-order valence-corrected chi connectivity index (χ4v) is 2.49. The Bertz CT molecular complexity index is 971. The molecular weight excluding hydrogens is 250 g/mol. The van der Waals surface area contributed by atoms with Gasteiger partial charge in [-0.05, 0) is 24.3 Å². The summed E-state index contributed by atoms with van der Waals surface area (Å²) in [6.45, 7) is 0. The molecule has 0 spiro atoms. The molecule has 0 aliphatic carbocycles. The van der Waals surface area contributed by atoms with Gasteiger partial charge in [-0.2, -0.15) is 5.26 Å². The van der Waals surface area contributed by atoms with E-state index in [0.717, 1.165) is 27.7 Å². The predicted octanol–water partition coefficient (Wildman–Crippen LogP) is 2.75. The van der Waals surface area contributed by atoms with Crippen molar-refractivity contribution in [2.75, 3.05) is 0 Å². The highest BCUT2D eigenvalue weighted by Gasteiger charge is 2.10. The van der Waals surface area contributed by atoms with Crippen molar-refractivity contribution in [3.8, 4) is 17.2 Å². The quantitative estimate of drug-likeness (QED) is 0.571. The second-order valence-corrected chi connectivity index (χ2v) is 4.56. The van der Waals surface area contributed by atoms with Crippen LogP contribution in [0.15, 0.2) is 49.1 Å². The molecule has 0 aliphatic heterocycles. The molecule has 0 aliphatic rings. The van der Waals surface area contributed by atoms with Crippen molar-refractivity contribution in [2.45, 2.75) is 0 Å². The molecule has 0 saturated heterocycles. The van der Waals surface area contributed by atoms with Gasteiger partial charge in [-0.1, -0.05) is 6.07 Å². The number of H-pyrrole nitrogens is 1. The maximum absolute atomic E-state index is 9.27. The van der Waals surface area contributed by atoms with Gasteiger partial charge in [0.2, 0.25) is 0 Å². The Morgan fingerprint density at radius 2 is 2.15 bits per heavy atom. The van der Waals surface area contributed by atoms with Crippen LogP contribution in [0.25, 0.3) is 27.7 Å². The third-order valence-corrected chi connectivity index (χ3v) is 3.43. The van der Waals surface area contributed by atoms with Gasteiger partial charge in [0.25, 0.3) is 0 Å². The molecule has 0 bridgehead atoms. The number of rotatable bonds is 1. The molecule has 0 unspecified atom stereocenters. The molecule has 4 aromatic rings. The summed E-state index contributed by atoms with van der Waals surface area (Å²) in [6.07, 6.45) is 5.56. The molecule has 5 nitrogen and oxygen atoms in total. The number of nitrogens with one attached hydrogen (secondary N) is 1. The molecule has 1 N–H and O–H groups in total. The number of hydrogen-bond acceptors (Lipinski definition) is 3. The number of benzene rings is 1. The van der Waals surface area contributed by atoms with Gasteiger partial charge < -0.3 is 4.98 Å². The molecule has 0 amide bonds. The van der Waals surface area contributed by atoms with E-state index in [9.17, 15) is 5.26 Å². The van der Waals surface area contributed by atoms with E-state index in [1.54, 1.807) is 6.33 Å². The van der Waals surface area contributed by atoms with Crippen LogP contribution in [0.2, 0.25) is 0 Å². The van der Waals surface area contributed by atoms with Gasteiger partial charge in [-0.15, -0.1) is 10.2 Å². The van der Waals surface area contributed by atoms with E-state index in [-0.39, 0.29) is 0 Å². The fraction of sp³-hybridized carbons (Fsp3) is 0. The van der Waals surface area contributed by atoms with Crippen LogP contribution in [0.5, 0.6) is 0 Å². The number of aromatic amines is 1. The van der Waals surface area contributed by atoms with Gasteiger partial charge in [0, 0.05) is 34.4 Å². The molecular formula is C15H9N5. The topological polar surface area (TPSA) is 69.8 Å². The second-order valence-electron chi connectivity index (χ2n) is 4.56. The van der Waals surface area contributed by atoms with Crippen molar-refractivity contribution in [2.24, 2.45) is 0 Å². The molecule has 0 saturated carbocycles. The Labute approximate surface area is 114 Å². The van der Waals surface area contributed by atoms with Crippen LogP contribution >= 0.6 is 0 Å². The summed E-state index contributed by atoms with van der Waals surface area (Å²) in [5, 5.41) is 18.1. The van der Waals surface area contributed by atoms with Crippen molar-refractivity contribution in [1.82, 2.24) is 19.6 Å². The van der Waals surface area contributed by atoms with Crippen LogP contribution in [0.3, 0.4) is 0 Å². The van der Waals surface area contributed by atoms with Crippen molar-refractivity contribution in [3.63, 3.8) is 0 Å². The summed E-state index contributed by atoms with van der Waals surface area (Å²) in [5.74, 6) is 0. The van der Waals surface area contributed by atoms with Crippen LogP contribution < -0.4 is 0 Å². The van der Waals surface area contributed by atoms with E-state index in [1.807, 2.05) is 47.1 Å². The largest absolute Gasteiger partial charge is 0.361 e. The van der Waals surface area contributed by atoms with E-state index >= 15 is 0 Å². The minimum atomic E-state index is 0.669. The monoisotopic (exact) mass is 259 g/mol. The van der Waals surface area contributed by atoms with E-state index in [4.69, 9.17) is 0 Å². The molecule has 1 aromatic carbocycles. The number of fused-ring (bicyclic) bond motifs is 2. The first-order chi connectivity index (χ1) is 9.86. The van der Waals surface area contributed by atoms with Gasteiger partial charge in [-0.3, -0.25) is 4.40 Å². The second kappa shape index (κ2) is 3.93. The fourth-order valence-electron chi connectivity index (χ4n) is 2.49. The third-order valence-electron chi connectivity index (χ3n) is 3.43. The first kappa shape index (κ1) is 10.8. The molecule has 5 heteroatoms. The Morgan fingerprint density at radius 1 is 1.20 bits per heavy atom. The number of pyridine rings is 1. The standard InChI is InChI=1S/C15H9N5/c16-6-10-2-1-3-13-15(10)12(7-17-13)11-4-5-14-19-18-9-20(14)8-11/h1-5,7-9,17H. The molecule has 3 aromatic heterocycles. The zero-order valence-electron chi connectivity index (χ0n) is 10.4. The van der Waals surface area contributed by atoms with Gasteiger partial charge in [0.05, 0.1) is 11.6 Å². The summed E-state index contributed by atoms with van der Waals surface area (Å²) in [7, 11) is 0. The lowest BCUT2D eigenvalue weighted by molar-refractivity contribution is 1.10. The molecule has 3 heterocycles. The highest BCUT2D eigenvalue weighted by molar-refractivity contribution is 5.99. The van der Waals surface area contributed by atoms with Crippen molar-refractivity contribution in [1.29, 1.82) is 5.26 Å². The van der Waals surface area contributed by atoms with Crippen LogP contribution in [0.1, 0.15) is 5.56 Å². The molecule has 0 fully saturated rings. The Balaban J connectivity index is 2.04. The average Bonchev–Trinajstić information content (AvgIpc) is 3.12. The van der Waals surface area contributed by atoms with Gasteiger partial charge in [0.1, 0.15) is 6.33 Å². The lowest BCUT2D eigenvalue weighted by atomic mass is 10.0. The zero-order valence-corrected chi connectivity index (χ0v) is 10.4. The molecule has 94 valence electrons. The molecule has 20 heavy (non-hydrogen) atoms. The first-order valence-corrected chi connectivity index (χ1v) is 6.17. The zero-order chi connectivity index (χ0) is 13.5. The normalized spacial score (nSPS) is 10.9. The number of hydrogen-bond donors (Lipinski definition) is 1. The molecule has 0 atom stereocenters. The highest BCUT2D eigenvalue weighted by atomic mass is 15.2. The Hall–Kier alpha value is -3.13. The average molecular weight is 259 g/mol. The van der Waals surface area contributed by atoms with E-state index in [1.165, 1.54) is 0 Å². The first-order valence-electron chi connectivity index (χ1n) is 6.17. The smallest absolute Gasteiger partial charge is 0.160 e. The Morgan fingerprint density at radius 3 is 3.05 bits per heavy atom. The maximum Gasteiger partial charge on any atom is 0.160 e. The maximum atomic E-state index is 9.27. The molecule has 4 rings (SSSR count). The highest BCUT2D eigenvalue weighted by Crippen LogP contribution is 2.30. The van der Waals surface area contributed by atoms with Gasteiger partial charge in [-0.25, -0.2) is 0 Å². The summed E-state index contributed by atoms with van der Waals surface area (Å²) >= 11 is 0. The number of aromatic nitrogens is 4. The summed E-state index contributed by atoms with van der Waals surface area (Å²) < 4.78 is 1.86. The van der Waals surface area contributed by atoms with Crippen LogP contribution in [0, 0.1) is 11.3 Å². The summed E-state index contributed by atoms with van der Waals surface area (Å²) in [6, 6.07) is 11.8. The minimum absolute atomic E-state index is 0.669. The SMILES string of the molecule is N#Cc1cccc2[nH]cc(-c3ccc4nncn4c3)c12. The van der Waals surface area contributed by atoms with E-state index in [2.05, 4.69) is 21.3 Å². The van der Waals surface area contributed by atoms with E-state index in [0.29, 0.717) is 5.56 Å². The van der Waals surface area contributed by atoms with Crippen molar-refractivity contribution in [3.05, 3.63) is 54.6 Å². The lowest BCUT2D eigenvalue weighted by Gasteiger charge is -2.02.